The summed E-state index contributed by atoms with van der Waals surface area (Å²) in [5, 5.41) is 7.59. The van der Waals surface area contributed by atoms with Crippen molar-refractivity contribution in [2.45, 2.75) is 59.2 Å². The van der Waals surface area contributed by atoms with Crippen molar-refractivity contribution in [1.29, 1.82) is 0 Å². The number of rotatable bonds is 11. The number of hydrogen-bond acceptors (Lipinski definition) is 3. The molecule has 0 aliphatic carbocycles. The van der Waals surface area contributed by atoms with Gasteiger partial charge in [-0.2, -0.15) is 0 Å². The summed E-state index contributed by atoms with van der Waals surface area (Å²) in [6, 6.07) is 73.3. The Balaban J connectivity index is 0.000000274. The van der Waals surface area contributed by atoms with Crippen molar-refractivity contribution < 1.29 is 14.2 Å². The molecule has 0 amide bonds. The molecule has 310 valence electrons. The average molecular weight is 849 g/mol. The molecule has 0 saturated heterocycles. The summed E-state index contributed by atoms with van der Waals surface area (Å²) in [6.07, 6.45) is 0.0523. The van der Waals surface area contributed by atoms with E-state index in [1.54, 1.807) is 0 Å². The SMILES string of the molecule is CC(C)Oc1cccc(-c2cccc(OC(C)C)c2P(c2ccccc2)c2ccccc2)c1P(c1ccccc1)c1ccccc1.CC1(C)c2ccccc2Oc2ccccc21. The molecule has 9 rings (SSSR count). The topological polar surface area (TPSA) is 27.7 Å². The Morgan fingerprint density at radius 3 is 1.00 bits per heavy atom. The molecule has 0 unspecified atom stereocenters. The van der Waals surface area contributed by atoms with Gasteiger partial charge >= 0.3 is 0 Å². The molecule has 1 aliphatic rings. The lowest BCUT2D eigenvalue weighted by Gasteiger charge is -2.34. The zero-order valence-corrected chi connectivity index (χ0v) is 38.2. The predicted octanol–water partition coefficient (Wildman–Crippen LogP) is 12.6. The lowest BCUT2D eigenvalue weighted by molar-refractivity contribution is 0.244. The highest BCUT2D eigenvalue weighted by Gasteiger charge is 2.34. The molecule has 62 heavy (non-hydrogen) atoms. The summed E-state index contributed by atoms with van der Waals surface area (Å²) in [5.74, 6) is 3.81. The van der Waals surface area contributed by atoms with Crippen LogP contribution >= 0.6 is 15.8 Å². The van der Waals surface area contributed by atoms with Crippen molar-refractivity contribution in [2.24, 2.45) is 0 Å². The van der Waals surface area contributed by atoms with Gasteiger partial charge in [0.25, 0.3) is 0 Å². The van der Waals surface area contributed by atoms with Gasteiger partial charge in [0.2, 0.25) is 0 Å². The third kappa shape index (κ3) is 9.27. The van der Waals surface area contributed by atoms with Gasteiger partial charge in [-0.05, 0) is 100 Å². The van der Waals surface area contributed by atoms with Crippen LogP contribution in [0, 0.1) is 0 Å². The second-order valence-corrected chi connectivity index (χ2v) is 20.7. The maximum absolute atomic E-state index is 6.69. The van der Waals surface area contributed by atoms with Crippen LogP contribution in [0.25, 0.3) is 11.1 Å². The standard InChI is InChI=1S/C42H40O2P2.C15H14O/c1-31(2)43-39-29-17-27-37(41(39)45(33-19-9-5-10-20-33)34-21-11-6-12-22-34)38-28-18-30-40(44-32(3)4)42(38)46(35-23-13-7-14-24-35)36-25-15-8-16-26-36;1-15(2)11-7-3-5-9-13(11)16-14-10-6-4-8-12(14)15/h5-32H,1-4H3;3-10H,1-2H3. The van der Waals surface area contributed by atoms with Crippen LogP contribution in [0.3, 0.4) is 0 Å². The third-order valence-corrected chi connectivity index (χ3v) is 15.9. The Morgan fingerprint density at radius 2 is 0.677 bits per heavy atom. The number of benzene rings is 8. The minimum atomic E-state index is -0.967. The van der Waals surface area contributed by atoms with E-state index in [0.29, 0.717) is 0 Å². The summed E-state index contributed by atoms with van der Waals surface area (Å²) < 4.78 is 19.3. The molecule has 0 atom stereocenters. The first-order valence-electron chi connectivity index (χ1n) is 21.5. The molecule has 0 bridgehead atoms. The highest BCUT2D eigenvalue weighted by Crippen LogP contribution is 2.48. The molecular weight excluding hydrogens is 795 g/mol. The Labute approximate surface area is 370 Å². The van der Waals surface area contributed by atoms with E-state index in [1.807, 2.05) is 24.3 Å². The van der Waals surface area contributed by atoms with Crippen LogP contribution in [0.4, 0.5) is 0 Å². The molecule has 0 aromatic heterocycles. The molecule has 5 heteroatoms. The smallest absolute Gasteiger partial charge is 0.131 e. The molecule has 0 N–H and O–H groups in total. The van der Waals surface area contributed by atoms with Gasteiger partial charge < -0.3 is 14.2 Å². The molecule has 1 aliphatic heterocycles. The van der Waals surface area contributed by atoms with Gasteiger partial charge in [-0.3, -0.25) is 0 Å². The number of hydrogen-bond donors (Lipinski definition) is 0. The van der Waals surface area contributed by atoms with Crippen molar-refractivity contribution in [3.63, 3.8) is 0 Å². The van der Waals surface area contributed by atoms with Crippen molar-refractivity contribution in [3.05, 3.63) is 217 Å². The first-order valence-corrected chi connectivity index (χ1v) is 24.2. The van der Waals surface area contributed by atoms with Crippen LogP contribution in [0.15, 0.2) is 206 Å². The Hall–Kier alpha value is -5.98. The largest absolute Gasteiger partial charge is 0.490 e. The van der Waals surface area contributed by atoms with Crippen LogP contribution in [-0.4, -0.2) is 12.2 Å². The van der Waals surface area contributed by atoms with Gasteiger partial charge in [-0.25, -0.2) is 0 Å². The van der Waals surface area contributed by atoms with E-state index < -0.39 is 15.8 Å². The average Bonchev–Trinajstić information content (AvgIpc) is 3.29. The van der Waals surface area contributed by atoms with Crippen LogP contribution in [0.2, 0.25) is 0 Å². The lowest BCUT2D eigenvalue weighted by atomic mass is 9.76. The van der Waals surface area contributed by atoms with Gasteiger partial charge in [0, 0.05) is 27.2 Å². The quantitative estimate of drug-likeness (QED) is 0.121. The van der Waals surface area contributed by atoms with Crippen molar-refractivity contribution in [1.82, 2.24) is 0 Å². The number of ether oxygens (including phenoxy) is 3. The second-order valence-electron chi connectivity index (χ2n) is 16.4. The first-order chi connectivity index (χ1) is 30.2. The lowest BCUT2D eigenvalue weighted by Crippen LogP contribution is -2.28. The van der Waals surface area contributed by atoms with Crippen LogP contribution in [-0.2, 0) is 5.41 Å². The number of para-hydroxylation sites is 2. The first kappa shape index (κ1) is 42.7. The molecule has 0 radical (unpaired) electrons. The molecule has 1 heterocycles. The van der Waals surface area contributed by atoms with E-state index in [-0.39, 0.29) is 17.6 Å². The zero-order chi connectivity index (χ0) is 43.1. The van der Waals surface area contributed by atoms with Crippen molar-refractivity contribution in [2.75, 3.05) is 0 Å². The van der Waals surface area contributed by atoms with E-state index >= 15 is 0 Å². The Bertz CT molecular complexity index is 2430. The molecule has 8 aromatic carbocycles. The van der Waals surface area contributed by atoms with E-state index in [4.69, 9.17) is 14.2 Å². The van der Waals surface area contributed by atoms with Gasteiger partial charge in [0.15, 0.2) is 0 Å². The van der Waals surface area contributed by atoms with Gasteiger partial charge in [-0.1, -0.05) is 196 Å². The van der Waals surface area contributed by atoms with Gasteiger partial charge in [0.1, 0.15) is 23.0 Å². The van der Waals surface area contributed by atoms with Crippen LogP contribution in [0.5, 0.6) is 23.0 Å². The molecule has 3 nitrogen and oxygen atoms in total. The highest BCUT2D eigenvalue weighted by atomic mass is 31.1. The normalized spacial score (nSPS) is 12.5. The fourth-order valence-electron chi connectivity index (χ4n) is 8.17. The number of fused-ring (bicyclic) bond motifs is 2. The van der Waals surface area contributed by atoms with E-state index in [2.05, 4.69) is 224 Å². The summed E-state index contributed by atoms with van der Waals surface area (Å²) in [5.41, 5.74) is 4.90. The second kappa shape index (κ2) is 19.4. The highest BCUT2D eigenvalue weighted by molar-refractivity contribution is 7.81. The predicted molar refractivity (Wildman–Crippen MR) is 266 cm³/mol. The minimum Gasteiger partial charge on any atom is -0.490 e. The zero-order valence-electron chi connectivity index (χ0n) is 36.4. The monoisotopic (exact) mass is 848 g/mol. The van der Waals surface area contributed by atoms with Gasteiger partial charge in [0.05, 0.1) is 12.2 Å². The van der Waals surface area contributed by atoms with Crippen molar-refractivity contribution in [3.8, 4) is 34.1 Å². The van der Waals surface area contributed by atoms with Crippen molar-refractivity contribution >= 4 is 47.7 Å². The molecule has 0 fully saturated rings. The Morgan fingerprint density at radius 1 is 0.371 bits per heavy atom. The maximum atomic E-state index is 6.69. The summed E-state index contributed by atoms with van der Waals surface area (Å²) in [7, 11) is -1.93. The summed E-state index contributed by atoms with van der Waals surface area (Å²) >= 11 is 0. The van der Waals surface area contributed by atoms with E-state index in [0.717, 1.165) is 23.0 Å². The third-order valence-electron chi connectivity index (χ3n) is 10.9. The molecular formula is C57H54O3P2. The Kier molecular flexibility index (Phi) is 13.3. The molecule has 0 saturated carbocycles. The summed E-state index contributed by atoms with van der Waals surface area (Å²) in [6.45, 7) is 12.9. The molecule has 8 aromatic rings. The minimum absolute atomic E-state index is 0.0193. The molecule has 0 spiro atoms. The summed E-state index contributed by atoms with van der Waals surface area (Å²) in [4.78, 5) is 0. The van der Waals surface area contributed by atoms with Gasteiger partial charge in [-0.15, -0.1) is 0 Å². The van der Waals surface area contributed by atoms with E-state index in [9.17, 15) is 0 Å². The fraction of sp³-hybridized carbons (Fsp3) is 0.158. The van der Waals surface area contributed by atoms with Crippen LogP contribution < -0.4 is 46.0 Å². The maximum Gasteiger partial charge on any atom is 0.131 e. The van der Waals surface area contributed by atoms with E-state index in [1.165, 1.54) is 54.1 Å². The fourth-order valence-corrected chi connectivity index (χ4v) is 13.2. The van der Waals surface area contributed by atoms with Crippen LogP contribution in [0.1, 0.15) is 52.7 Å².